The van der Waals surface area contributed by atoms with E-state index in [-0.39, 0.29) is 11.5 Å². The summed E-state index contributed by atoms with van der Waals surface area (Å²) in [4.78, 5) is 39.5. The summed E-state index contributed by atoms with van der Waals surface area (Å²) in [5.41, 5.74) is 4.07. The third kappa shape index (κ3) is 5.74. The Morgan fingerprint density at radius 3 is 2.58 bits per heavy atom. The molecule has 1 fully saturated rings. The summed E-state index contributed by atoms with van der Waals surface area (Å²) >= 11 is 7.44. The van der Waals surface area contributed by atoms with Crippen LogP contribution in [-0.2, 0) is 0 Å². The fourth-order valence-electron chi connectivity index (χ4n) is 4.83. The molecule has 0 unspecified atom stereocenters. The van der Waals surface area contributed by atoms with Gasteiger partial charge in [0.1, 0.15) is 10.7 Å². The number of aromatic nitrogens is 3. The van der Waals surface area contributed by atoms with Crippen molar-refractivity contribution in [2.45, 2.75) is 40.0 Å². The topological polar surface area (TPSA) is 77.3 Å². The molecule has 3 aromatic heterocycles. The van der Waals surface area contributed by atoms with Gasteiger partial charge in [0.2, 0.25) is 5.88 Å². The quantitative estimate of drug-likeness (QED) is 0.235. The standard InChI is InChI=1S/C31H31ClN4O3S/c1-4-39-28-26(9-8-14-33-28)36-27(17-20(2)3)23(30(37)35-15-6-5-7-16-35)18-24(31(36)38)29-34-25(19-40-29)21-10-12-22(32)13-11-21/h8-14,17-19H,4-7,15-16H2,1-3H3. The zero-order valence-corrected chi connectivity index (χ0v) is 24.4. The predicted molar refractivity (Wildman–Crippen MR) is 162 cm³/mol. The molecule has 4 heterocycles. The molecule has 5 rings (SSSR count). The van der Waals surface area contributed by atoms with Crippen LogP contribution in [0.25, 0.3) is 33.6 Å². The van der Waals surface area contributed by atoms with E-state index in [4.69, 9.17) is 21.3 Å². The maximum atomic E-state index is 14.3. The van der Waals surface area contributed by atoms with Crippen LogP contribution in [0.2, 0.25) is 5.02 Å². The van der Waals surface area contributed by atoms with Gasteiger partial charge >= 0.3 is 0 Å². The zero-order chi connectivity index (χ0) is 28.2. The largest absolute Gasteiger partial charge is 0.476 e. The summed E-state index contributed by atoms with van der Waals surface area (Å²) in [7, 11) is 0. The first-order chi connectivity index (χ1) is 19.4. The van der Waals surface area contributed by atoms with Crippen molar-refractivity contribution in [2.24, 2.45) is 0 Å². The molecule has 9 heteroatoms. The Kier molecular flexibility index (Phi) is 8.47. The second kappa shape index (κ2) is 12.2. The van der Waals surface area contributed by atoms with E-state index in [2.05, 4.69) is 4.98 Å². The molecule has 0 bridgehead atoms. The number of ether oxygens (including phenoxy) is 1. The maximum Gasteiger partial charge on any atom is 0.266 e. The lowest BCUT2D eigenvalue weighted by atomic mass is 10.0. The van der Waals surface area contributed by atoms with E-state index >= 15 is 0 Å². The van der Waals surface area contributed by atoms with Crippen LogP contribution in [0.1, 0.15) is 56.1 Å². The van der Waals surface area contributed by atoms with Crippen molar-refractivity contribution in [2.75, 3.05) is 19.7 Å². The van der Waals surface area contributed by atoms with Crippen molar-refractivity contribution >= 4 is 34.9 Å². The van der Waals surface area contributed by atoms with Crippen LogP contribution in [0.3, 0.4) is 0 Å². The van der Waals surface area contributed by atoms with Crippen LogP contribution in [-0.4, -0.2) is 45.0 Å². The van der Waals surface area contributed by atoms with E-state index in [1.54, 1.807) is 29.0 Å². The lowest BCUT2D eigenvalue weighted by molar-refractivity contribution is 0.0723. The zero-order valence-electron chi connectivity index (χ0n) is 22.8. The van der Waals surface area contributed by atoms with E-state index in [9.17, 15) is 9.59 Å². The number of rotatable bonds is 7. The molecule has 0 radical (unpaired) electrons. The van der Waals surface area contributed by atoms with Crippen LogP contribution >= 0.6 is 22.9 Å². The van der Waals surface area contributed by atoms with Gasteiger partial charge in [-0.25, -0.2) is 9.97 Å². The number of benzene rings is 1. The summed E-state index contributed by atoms with van der Waals surface area (Å²) in [6.07, 6.45) is 6.54. The first-order valence-electron chi connectivity index (χ1n) is 13.4. The number of carbonyl (C=O) groups excluding carboxylic acids is 1. The average molecular weight is 575 g/mol. The Labute approximate surface area is 242 Å². The van der Waals surface area contributed by atoms with Gasteiger partial charge in [-0.1, -0.05) is 29.3 Å². The molecule has 40 heavy (non-hydrogen) atoms. The molecule has 0 aliphatic carbocycles. The number of likely N-dealkylation sites (tertiary alicyclic amines) is 1. The van der Waals surface area contributed by atoms with Crippen LogP contribution in [0, 0.1) is 0 Å². The molecule has 1 saturated heterocycles. The Bertz CT molecular complexity index is 1610. The van der Waals surface area contributed by atoms with Gasteiger partial charge in [0.05, 0.1) is 29.1 Å². The van der Waals surface area contributed by atoms with Crippen LogP contribution in [0.15, 0.2) is 64.4 Å². The number of carbonyl (C=O) groups is 1. The van der Waals surface area contributed by atoms with E-state index in [0.717, 1.165) is 36.1 Å². The maximum absolute atomic E-state index is 14.3. The van der Waals surface area contributed by atoms with Crippen LogP contribution in [0.5, 0.6) is 5.88 Å². The number of allylic oxidation sites excluding steroid dienone is 1. The summed E-state index contributed by atoms with van der Waals surface area (Å²) < 4.78 is 7.39. The number of thiazole rings is 1. The van der Waals surface area contributed by atoms with Crippen molar-refractivity contribution in [3.05, 3.63) is 86.2 Å². The molecule has 206 valence electrons. The molecule has 1 aliphatic rings. The summed E-state index contributed by atoms with van der Waals surface area (Å²) in [6, 6.07) is 12.7. The summed E-state index contributed by atoms with van der Waals surface area (Å²) in [5, 5.41) is 3.08. The number of pyridine rings is 2. The predicted octanol–water partition coefficient (Wildman–Crippen LogP) is 7.12. The Balaban J connectivity index is 1.77. The highest BCUT2D eigenvalue weighted by Crippen LogP contribution is 2.32. The van der Waals surface area contributed by atoms with E-state index in [1.165, 1.54) is 11.3 Å². The molecule has 0 spiro atoms. The van der Waals surface area contributed by atoms with Gasteiger partial charge in [-0.3, -0.25) is 14.2 Å². The van der Waals surface area contributed by atoms with Crippen molar-refractivity contribution in [1.82, 2.24) is 19.4 Å². The molecule has 0 saturated carbocycles. The van der Waals surface area contributed by atoms with E-state index in [1.807, 2.05) is 61.4 Å². The van der Waals surface area contributed by atoms with Gasteiger partial charge in [-0.05, 0) is 76.4 Å². The Morgan fingerprint density at radius 1 is 1.12 bits per heavy atom. The number of hydrogen-bond donors (Lipinski definition) is 0. The number of piperidine rings is 1. The third-order valence-electron chi connectivity index (χ3n) is 6.69. The lowest BCUT2D eigenvalue weighted by Gasteiger charge is -2.28. The van der Waals surface area contributed by atoms with Crippen molar-refractivity contribution < 1.29 is 9.53 Å². The first kappa shape index (κ1) is 27.8. The van der Waals surface area contributed by atoms with Crippen LogP contribution < -0.4 is 10.3 Å². The summed E-state index contributed by atoms with van der Waals surface area (Å²) in [5.74, 6) is 0.226. The Morgan fingerprint density at radius 2 is 1.88 bits per heavy atom. The monoisotopic (exact) mass is 574 g/mol. The molecule has 0 atom stereocenters. The molecular weight excluding hydrogens is 544 g/mol. The fraction of sp³-hybridized carbons (Fsp3) is 0.290. The highest BCUT2D eigenvalue weighted by atomic mass is 35.5. The summed E-state index contributed by atoms with van der Waals surface area (Å²) in [6.45, 7) is 7.53. The molecule has 1 aromatic carbocycles. The fourth-order valence-corrected chi connectivity index (χ4v) is 5.79. The van der Waals surface area contributed by atoms with Gasteiger partial charge in [0, 0.05) is 35.3 Å². The minimum Gasteiger partial charge on any atom is -0.476 e. The van der Waals surface area contributed by atoms with Crippen molar-refractivity contribution in [3.8, 4) is 33.4 Å². The van der Waals surface area contributed by atoms with Gasteiger partial charge in [0.15, 0.2) is 0 Å². The van der Waals surface area contributed by atoms with E-state index in [0.29, 0.717) is 58.1 Å². The number of halogens is 1. The smallest absolute Gasteiger partial charge is 0.266 e. The minimum absolute atomic E-state index is 0.0986. The number of amides is 1. The highest BCUT2D eigenvalue weighted by molar-refractivity contribution is 7.13. The van der Waals surface area contributed by atoms with Crippen LogP contribution in [0.4, 0.5) is 0 Å². The average Bonchev–Trinajstić information content (AvgIpc) is 3.44. The molecule has 4 aromatic rings. The second-order valence-electron chi connectivity index (χ2n) is 9.88. The van der Waals surface area contributed by atoms with Crippen molar-refractivity contribution in [1.29, 1.82) is 0 Å². The molecule has 0 N–H and O–H groups in total. The SMILES string of the molecule is CCOc1ncccc1-n1c(C=C(C)C)c(C(=O)N2CCCCC2)cc(-c2nc(-c3ccc(Cl)cc3)cs2)c1=O. The highest BCUT2D eigenvalue weighted by Gasteiger charge is 2.27. The first-order valence-corrected chi connectivity index (χ1v) is 14.7. The normalized spacial score (nSPS) is 13.2. The second-order valence-corrected chi connectivity index (χ2v) is 11.2. The van der Waals surface area contributed by atoms with Gasteiger partial charge in [-0.2, -0.15) is 0 Å². The van der Waals surface area contributed by atoms with Gasteiger partial charge in [0.25, 0.3) is 11.5 Å². The number of hydrogen-bond acceptors (Lipinski definition) is 6. The minimum atomic E-state index is -0.298. The molecule has 1 aliphatic heterocycles. The third-order valence-corrected chi connectivity index (χ3v) is 7.81. The number of nitrogens with zero attached hydrogens (tertiary/aromatic N) is 4. The van der Waals surface area contributed by atoms with E-state index < -0.39 is 0 Å². The van der Waals surface area contributed by atoms with Crippen molar-refractivity contribution in [3.63, 3.8) is 0 Å². The molecule has 1 amide bonds. The Hall–Kier alpha value is -3.75. The van der Waals surface area contributed by atoms with Gasteiger partial charge in [-0.15, -0.1) is 11.3 Å². The molecular formula is C31H31ClN4O3S. The van der Waals surface area contributed by atoms with Gasteiger partial charge < -0.3 is 9.64 Å². The molecule has 7 nitrogen and oxygen atoms in total. The lowest BCUT2D eigenvalue weighted by Crippen LogP contribution is -2.37.